The molecule has 1 fully saturated rings. The molecule has 0 atom stereocenters. The van der Waals surface area contributed by atoms with Gasteiger partial charge in [0.25, 0.3) is 0 Å². The van der Waals surface area contributed by atoms with Crippen LogP contribution in [0.5, 0.6) is 11.5 Å². The van der Waals surface area contributed by atoms with E-state index in [9.17, 15) is 4.79 Å². The number of carbonyl (C=O) groups is 1. The number of benzene rings is 1. The molecular formula is C17H25NO3. The maximum absolute atomic E-state index is 12.5. The first kappa shape index (κ1) is 15.7. The Balaban J connectivity index is 2.04. The molecule has 116 valence electrons. The van der Waals surface area contributed by atoms with Crippen molar-refractivity contribution in [2.75, 3.05) is 21.3 Å². The molecule has 4 nitrogen and oxygen atoms in total. The molecule has 0 radical (unpaired) electrons. The van der Waals surface area contributed by atoms with Gasteiger partial charge in [-0.1, -0.05) is 25.3 Å². The number of likely N-dealkylation sites (N-methyl/N-ethyl adjacent to an activating group) is 1. The zero-order valence-electron chi connectivity index (χ0n) is 13.2. The van der Waals surface area contributed by atoms with E-state index in [0.29, 0.717) is 18.2 Å². The van der Waals surface area contributed by atoms with Crippen LogP contribution in [0.3, 0.4) is 0 Å². The van der Waals surface area contributed by atoms with Crippen molar-refractivity contribution in [2.45, 2.75) is 44.6 Å². The predicted molar refractivity (Wildman–Crippen MR) is 82.9 cm³/mol. The summed E-state index contributed by atoms with van der Waals surface area (Å²) in [4.78, 5) is 14.4. The summed E-state index contributed by atoms with van der Waals surface area (Å²) in [6.45, 7) is 0. The Kier molecular flexibility index (Phi) is 5.48. The largest absolute Gasteiger partial charge is 0.497 e. The Bertz CT molecular complexity index is 481. The van der Waals surface area contributed by atoms with Crippen LogP contribution in [0.1, 0.15) is 37.7 Å². The summed E-state index contributed by atoms with van der Waals surface area (Å²) in [5.41, 5.74) is 0.908. The molecule has 1 aliphatic rings. The Morgan fingerprint density at radius 3 is 2.52 bits per heavy atom. The van der Waals surface area contributed by atoms with Crippen LogP contribution >= 0.6 is 0 Å². The fourth-order valence-corrected chi connectivity index (χ4v) is 2.96. The van der Waals surface area contributed by atoms with Crippen molar-refractivity contribution in [1.82, 2.24) is 4.90 Å². The van der Waals surface area contributed by atoms with Gasteiger partial charge in [0, 0.05) is 24.7 Å². The summed E-state index contributed by atoms with van der Waals surface area (Å²) in [5, 5.41) is 0. The van der Waals surface area contributed by atoms with Gasteiger partial charge in [-0.3, -0.25) is 4.79 Å². The van der Waals surface area contributed by atoms with Gasteiger partial charge in [-0.15, -0.1) is 0 Å². The van der Waals surface area contributed by atoms with Crippen molar-refractivity contribution < 1.29 is 14.3 Å². The number of hydrogen-bond acceptors (Lipinski definition) is 3. The lowest BCUT2D eigenvalue weighted by Crippen LogP contribution is -2.39. The fourth-order valence-electron chi connectivity index (χ4n) is 2.96. The number of carbonyl (C=O) groups excluding carboxylic acids is 1. The molecule has 1 aromatic rings. The van der Waals surface area contributed by atoms with E-state index in [0.717, 1.165) is 24.2 Å². The molecule has 1 amide bonds. The van der Waals surface area contributed by atoms with Crippen molar-refractivity contribution in [3.63, 3.8) is 0 Å². The van der Waals surface area contributed by atoms with E-state index >= 15 is 0 Å². The van der Waals surface area contributed by atoms with Crippen molar-refractivity contribution in [2.24, 2.45) is 0 Å². The molecule has 0 heterocycles. The van der Waals surface area contributed by atoms with Crippen LogP contribution in [0.25, 0.3) is 0 Å². The average molecular weight is 291 g/mol. The van der Waals surface area contributed by atoms with Gasteiger partial charge in [0.1, 0.15) is 11.5 Å². The number of ether oxygens (including phenoxy) is 2. The molecule has 0 spiro atoms. The van der Waals surface area contributed by atoms with Gasteiger partial charge in [0.2, 0.25) is 5.91 Å². The lowest BCUT2D eigenvalue weighted by molar-refractivity contribution is -0.131. The van der Waals surface area contributed by atoms with Gasteiger partial charge >= 0.3 is 0 Å². The SMILES string of the molecule is COc1ccc(CC(=O)N(C)C2CCCCC2)c(OC)c1. The summed E-state index contributed by atoms with van der Waals surface area (Å²) in [6, 6.07) is 6.00. The second kappa shape index (κ2) is 7.34. The van der Waals surface area contributed by atoms with Crippen LogP contribution < -0.4 is 9.47 Å². The first-order valence-electron chi connectivity index (χ1n) is 7.62. The minimum Gasteiger partial charge on any atom is -0.497 e. The molecule has 1 aromatic carbocycles. The molecule has 0 unspecified atom stereocenters. The number of amides is 1. The highest BCUT2D eigenvalue weighted by molar-refractivity contribution is 5.79. The summed E-state index contributed by atoms with van der Waals surface area (Å²) in [7, 11) is 5.17. The van der Waals surface area contributed by atoms with E-state index in [2.05, 4.69) is 0 Å². The quantitative estimate of drug-likeness (QED) is 0.837. The Hall–Kier alpha value is -1.71. The van der Waals surface area contributed by atoms with Gasteiger partial charge in [-0.25, -0.2) is 0 Å². The summed E-state index contributed by atoms with van der Waals surface area (Å²) < 4.78 is 10.5. The molecule has 0 aliphatic heterocycles. The number of hydrogen-bond donors (Lipinski definition) is 0. The molecule has 0 aromatic heterocycles. The van der Waals surface area contributed by atoms with Gasteiger partial charge < -0.3 is 14.4 Å². The van der Waals surface area contributed by atoms with E-state index in [4.69, 9.17) is 9.47 Å². The maximum Gasteiger partial charge on any atom is 0.227 e. The second-order valence-electron chi connectivity index (χ2n) is 5.65. The Morgan fingerprint density at radius 1 is 1.19 bits per heavy atom. The molecule has 2 rings (SSSR count). The lowest BCUT2D eigenvalue weighted by Gasteiger charge is -2.31. The van der Waals surface area contributed by atoms with Crippen LogP contribution in [0.2, 0.25) is 0 Å². The Labute approximate surface area is 127 Å². The van der Waals surface area contributed by atoms with E-state index in [1.54, 1.807) is 14.2 Å². The third kappa shape index (κ3) is 3.90. The second-order valence-corrected chi connectivity index (χ2v) is 5.65. The maximum atomic E-state index is 12.5. The molecule has 0 N–H and O–H groups in total. The van der Waals surface area contributed by atoms with Gasteiger partial charge in [-0.2, -0.15) is 0 Å². The van der Waals surface area contributed by atoms with Gasteiger partial charge in [0.15, 0.2) is 0 Å². The smallest absolute Gasteiger partial charge is 0.227 e. The highest BCUT2D eigenvalue weighted by atomic mass is 16.5. The predicted octanol–water partition coefficient (Wildman–Crippen LogP) is 3.04. The van der Waals surface area contributed by atoms with Crippen LogP contribution in [0.4, 0.5) is 0 Å². The molecule has 4 heteroatoms. The molecule has 1 saturated carbocycles. The minimum absolute atomic E-state index is 0.158. The molecular weight excluding hydrogens is 266 g/mol. The third-order valence-corrected chi connectivity index (χ3v) is 4.35. The van der Waals surface area contributed by atoms with E-state index in [-0.39, 0.29) is 5.91 Å². The average Bonchev–Trinajstić information content (AvgIpc) is 2.55. The van der Waals surface area contributed by atoms with Crippen molar-refractivity contribution in [3.05, 3.63) is 23.8 Å². The van der Waals surface area contributed by atoms with Gasteiger partial charge in [0.05, 0.1) is 20.6 Å². The highest BCUT2D eigenvalue weighted by Crippen LogP contribution is 2.26. The zero-order chi connectivity index (χ0) is 15.2. The molecule has 0 saturated heterocycles. The topological polar surface area (TPSA) is 38.8 Å². The van der Waals surface area contributed by atoms with Gasteiger partial charge in [-0.05, 0) is 18.9 Å². The minimum atomic E-state index is 0.158. The van der Waals surface area contributed by atoms with Crippen LogP contribution in [-0.4, -0.2) is 38.1 Å². The van der Waals surface area contributed by atoms with E-state index in [1.165, 1.54) is 19.3 Å². The zero-order valence-corrected chi connectivity index (χ0v) is 13.2. The van der Waals surface area contributed by atoms with Crippen molar-refractivity contribution in [1.29, 1.82) is 0 Å². The normalized spacial score (nSPS) is 15.6. The first-order valence-corrected chi connectivity index (χ1v) is 7.62. The van der Waals surface area contributed by atoms with Crippen LogP contribution in [0, 0.1) is 0 Å². The van der Waals surface area contributed by atoms with Crippen LogP contribution in [0.15, 0.2) is 18.2 Å². The highest BCUT2D eigenvalue weighted by Gasteiger charge is 2.22. The lowest BCUT2D eigenvalue weighted by atomic mass is 9.94. The summed E-state index contributed by atoms with van der Waals surface area (Å²) >= 11 is 0. The monoisotopic (exact) mass is 291 g/mol. The molecule has 0 bridgehead atoms. The number of methoxy groups -OCH3 is 2. The van der Waals surface area contributed by atoms with Crippen LogP contribution in [-0.2, 0) is 11.2 Å². The molecule has 21 heavy (non-hydrogen) atoms. The van der Waals surface area contributed by atoms with Crippen molar-refractivity contribution in [3.8, 4) is 11.5 Å². The first-order chi connectivity index (χ1) is 10.2. The third-order valence-electron chi connectivity index (χ3n) is 4.35. The van der Waals surface area contributed by atoms with Crippen molar-refractivity contribution >= 4 is 5.91 Å². The molecule has 1 aliphatic carbocycles. The van der Waals surface area contributed by atoms with E-state index in [1.807, 2.05) is 30.1 Å². The standard InChI is InChI=1S/C17H25NO3/c1-18(14-7-5-4-6-8-14)17(19)11-13-9-10-15(20-2)12-16(13)21-3/h9-10,12,14H,4-8,11H2,1-3H3. The number of nitrogens with zero attached hydrogens (tertiary/aromatic N) is 1. The fraction of sp³-hybridized carbons (Fsp3) is 0.588. The Morgan fingerprint density at radius 2 is 1.90 bits per heavy atom. The summed E-state index contributed by atoms with van der Waals surface area (Å²) in [5.74, 6) is 1.61. The van der Waals surface area contributed by atoms with E-state index < -0.39 is 0 Å². The number of rotatable bonds is 5. The summed E-state index contributed by atoms with van der Waals surface area (Å²) in [6.07, 6.45) is 6.39.